The first-order chi connectivity index (χ1) is 7.59. The van der Waals surface area contributed by atoms with E-state index in [1.54, 1.807) is 11.3 Å². The van der Waals surface area contributed by atoms with Crippen LogP contribution in [0.1, 0.15) is 16.5 Å². The average Bonchev–Trinajstić information content (AvgIpc) is 2.59. The van der Waals surface area contributed by atoms with Gasteiger partial charge in [0, 0.05) is 14.4 Å². The van der Waals surface area contributed by atoms with Crippen LogP contribution in [-0.4, -0.2) is 0 Å². The molecule has 2 rings (SSSR count). The maximum Gasteiger partial charge on any atom is 0.0843 e. The van der Waals surface area contributed by atoms with Gasteiger partial charge in [0.25, 0.3) is 0 Å². The topological polar surface area (TPSA) is 26.0 Å². The highest BCUT2D eigenvalue weighted by Crippen LogP contribution is 2.37. The van der Waals surface area contributed by atoms with Crippen molar-refractivity contribution in [2.75, 3.05) is 0 Å². The third-order valence-corrected chi connectivity index (χ3v) is 5.89. The summed E-state index contributed by atoms with van der Waals surface area (Å²) in [5.74, 6) is 0. The summed E-state index contributed by atoms with van der Waals surface area (Å²) in [6.45, 7) is 0. The van der Waals surface area contributed by atoms with Crippen LogP contribution < -0.4 is 5.73 Å². The molecule has 1 atom stereocenters. The summed E-state index contributed by atoms with van der Waals surface area (Å²) in [5, 5.41) is 0.704. The van der Waals surface area contributed by atoms with Crippen molar-refractivity contribution < 1.29 is 0 Å². The lowest BCUT2D eigenvalue weighted by Crippen LogP contribution is -2.10. The van der Waals surface area contributed by atoms with Crippen molar-refractivity contribution in [2.45, 2.75) is 6.04 Å². The summed E-state index contributed by atoms with van der Waals surface area (Å²) in [6, 6.07) is 9.49. The largest absolute Gasteiger partial charge is 0.320 e. The van der Waals surface area contributed by atoms with Gasteiger partial charge in [-0.3, -0.25) is 0 Å². The predicted octanol–water partition coefficient (Wildman–Crippen LogP) is 4.97. The molecule has 0 amide bonds. The molecular weight excluding hydrogens is 373 g/mol. The van der Waals surface area contributed by atoms with E-state index in [1.807, 2.05) is 30.3 Å². The van der Waals surface area contributed by atoms with Gasteiger partial charge in [-0.25, -0.2) is 0 Å². The number of rotatable bonds is 2. The minimum Gasteiger partial charge on any atom is -0.320 e. The molecule has 0 spiro atoms. The fourth-order valence-corrected chi connectivity index (χ4v) is 3.76. The van der Waals surface area contributed by atoms with Crippen molar-refractivity contribution >= 4 is 54.8 Å². The second-order valence-electron chi connectivity index (χ2n) is 3.27. The van der Waals surface area contributed by atoms with Crippen LogP contribution in [0.3, 0.4) is 0 Å². The van der Waals surface area contributed by atoms with Crippen LogP contribution in [0, 0.1) is 0 Å². The van der Waals surface area contributed by atoms with Crippen molar-refractivity contribution in [3.63, 3.8) is 0 Å². The van der Waals surface area contributed by atoms with Crippen LogP contribution in [0.5, 0.6) is 0 Å². The van der Waals surface area contributed by atoms with Gasteiger partial charge in [-0.1, -0.05) is 29.8 Å². The van der Waals surface area contributed by atoms with E-state index in [4.69, 9.17) is 17.3 Å². The molecule has 1 aromatic heterocycles. The van der Waals surface area contributed by atoms with Crippen molar-refractivity contribution in [3.8, 4) is 0 Å². The van der Waals surface area contributed by atoms with Gasteiger partial charge in [-0.05, 0) is 49.6 Å². The molecule has 2 N–H and O–H groups in total. The van der Waals surface area contributed by atoms with Crippen LogP contribution in [0.25, 0.3) is 0 Å². The molecule has 0 saturated heterocycles. The zero-order valence-electron chi connectivity index (χ0n) is 8.08. The lowest BCUT2D eigenvalue weighted by molar-refractivity contribution is 0.893. The quantitative estimate of drug-likeness (QED) is 0.780. The molecule has 16 heavy (non-hydrogen) atoms. The van der Waals surface area contributed by atoms with Crippen LogP contribution in [-0.2, 0) is 0 Å². The molecule has 0 aliphatic heterocycles. The minimum atomic E-state index is -0.179. The molecule has 2 aromatic rings. The van der Waals surface area contributed by atoms with E-state index in [1.165, 1.54) is 0 Å². The summed E-state index contributed by atoms with van der Waals surface area (Å²) < 4.78 is 2.07. The fourth-order valence-electron chi connectivity index (χ4n) is 1.40. The number of thiophene rings is 1. The Balaban J connectivity index is 2.39. The van der Waals surface area contributed by atoms with Crippen molar-refractivity contribution in [2.24, 2.45) is 5.73 Å². The van der Waals surface area contributed by atoms with Gasteiger partial charge in [-0.2, -0.15) is 0 Å². The summed E-state index contributed by atoms with van der Waals surface area (Å²) in [5.41, 5.74) is 7.13. The van der Waals surface area contributed by atoms with Crippen LogP contribution in [0.15, 0.2) is 38.6 Å². The molecule has 0 aliphatic carbocycles. The van der Waals surface area contributed by atoms with E-state index in [2.05, 4.69) is 31.9 Å². The monoisotopic (exact) mass is 379 g/mol. The Kier molecular flexibility index (Phi) is 4.08. The molecule has 5 heteroatoms. The van der Waals surface area contributed by atoms with Crippen LogP contribution in [0.2, 0.25) is 5.02 Å². The van der Waals surface area contributed by atoms with Gasteiger partial charge in [0.1, 0.15) is 0 Å². The Morgan fingerprint density at radius 1 is 1.25 bits per heavy atom. The first kappa shape index (κ1) is 12.6. The van der Waals surface area contributed by atoms with E-state index >= 15 is 0 Å². The van der Waals surface area contributed by atoms with E-state index in [9.17, 15) is 0 Å². The van der Waals surface area contributed by atoms with Crippen molar-refractivity contribution in [3.05, 3.63) is 54.1 Å². The first-order valence-corrected chi connectivity index (χ1v) is 7.32. The molecule has 1 aromatic carbocycles. The van der Waals surface area contributed by atoms with Gasteiger partial charge >= 0.3 is 0 Å². The third-order valence-electron chi connectivity index (χ3n) is 2.21. The zero-order chi connectivity index (χ0) is 11.7. The molecule has 1 unspecified atom stereocenters. The molecule has 0 saturated carbocycles. The van der Waals surface area contributed by atoms with Gasteiger partial charge < -0.3 is 5.73 Å². The third kappa shape index (κ3) is 2.51. The Morgan fingerprint density at radius 3 is 2.50 bits per heavy atom. The maximum absolute atomic E-state index is 6.18. The van der Waals surface area contributed by atoms with E-state index in [-0.39, 0.29) is 6.04 Å². The van der Waals surface area contributed by atoms with Crippen molar-refractivity contribution in [1.82, 2.24) is 0 Å². The van der Waals surface area contributed by atoms with Crippen LogP contribution in [0.4, 0.5) is 0 Å². The molecule has 84 valence electrons. The highest BCUT2D eigenvalue weighted by molar-refractivity contribution is 9.13. The Labute approximate surface area is 120 Å². The first-order valence-electron chi connectivity index (χ1n) is 4.54. The smallest absolute Gasteiger partial charge is 0.0843 e. The molecule has 1 nitrogen and oxygen atoms in total. The predicted molar refractivity (Wildman–Crippen MR) is 77.2 cm³/mol. The molecule has 0 radical (unpaired) electrons. The van der Waals surface area contributed by atoms with Gasteiger partial charge in [0.2, 0.25) is 0 Å². The molecule has 1 heterocycles. The number of nitrogens with two attached hydrogens (primary N) is 1. The second-order valence-corrected chi connectivity index (χ2v) is 6.93. The summed E-state index contributed by atoms with van der Waals surface area (Å²) in [7, 11) is 0. The number of hydrogen-bond acceptors (Lipinski definition) is 2. The molecular formula is C11H8Br2ClNS. The Bertz CT molecular complexity index is 493. The average molecular weight is 382 g/mol. The standard InChI is InChI=1S/C11H8Br2ClNS/c12-7-5-9(16-11(7)13)10(15)6-3-1-2-4-8(6)14/h1-5,10H,15H2. The SMILES string of the molecule is NC(c1cc(Br)c(Br)s1)c1ccccc1Cl. The van der Waals surface area contributed by atoms with Gasteiger partial charge in [0.05, 0.1) is 9.83 Å². The van der Waals surface area contributed by atoms with E-state index in [0.717, 1.165) is 18.7 Å². The molecule has 0 bridgehead atoms. The summed E-state index contributed by atoms with van der Waals surface area (Å²) in [6.07, 6.45) is 0. The van der Waals surface area contributed by atoms with E-state index in [0.29, 0.717) is 5.02 Å². The normalized spacial score (nSPS) is 12.8. The number of hydrogen-bond donors (Lipinski definition) is 1. The highest BCUT2D eigenvalue weighted by atomic mass is 79.9. The molecule has 0 fully saturated rings. The molecule has 0 aliphatic rings. The van der Waals surface area contributed by atoms with Crippen molar-refractivity contribution in [1.29, 1.82) is 0 Å². The maximum atomic E-state index is 6.18. The fraction of sp³-hybridized carbons (Fsp3) is 0.0909. The number of benzene rings is 1. The van der Waals surface area contributed by atoms with Gasteiger partial charge in [0.15, 0.2) is 0 Å². The lowest BCUT2D eigenvalue weighted by atomic mass is 10.1. The van der Waals surface area contributed by atoms with Crippen LogP contribution >= 0.6 is 54.8 Å². The Hall–Kier alpha value is 0.130. The summed E-state index contributed by atoms with van der Waals surface area (Å²) in [4.78, 5) is 1.08. The second kappa shape index (κ2) is 5.19. The van der Waals surface area contributed by atoms with E-state index < -0.39 is 0 Å². The zero-order valence-corrected chi connectivity index (χ0v) is 12.8. The number of halogens is 3. The minimum absolute atomic E-state index is 0.179. The lowest BCUT2D eigenvalue weighted by Gasteiger charge is -2.11. The summed E-state index contributed by atoms with van der Waals surface area (Å²) >= 11 is 14.6. The Morgan fingerprint density at radius 2 is 1.94 bits per heavy atom. The highest BCUT2D eigenvalue weighted by Gasteiger charge is 2.15. The van der Waals surface area contributed by atoms with Gasteiger partial charge in [-0.15, -0.1) is 11.3 Å².